The van der Waals surface area contributed by atoms with Crippen molar-refractivity contribution in [2.75, 3.05) is 14.2 Å². The van der Waals surface area contributed by atoms with Gasteiger partial charge in [-0.2, -0.15) is 4.31 Å². The summed E-state index contributed by atoms with van der Waals surface area (Å²) in [7, 11) is -0.750. The fraction of sp³-hybridized carbons (Fsp3) is 0.250. The Kier molecular flexibility index (Phi) is 5.57. The largest absolute Gasteiger partial charge is 0.496 e. The van der Waals surface area contributed by atoms with Gasteiger partial charge in [-0.05, 0) is 31.2 Å². The van der Waals surface area contributed by atoms with Crippen LogP contribution in [0.2, 0.25) is 10.0 Å². The van der Waals surface area contributed by atoms with Gasteiger partial charge < -0.3 is 4.74 Å². The van der Waals surface area contributed by atoms with E-state index in [0.717, 1.165) is 5.56 Å². The zero-order valence-electron chi connectivity index (χ0n) is 13.0. The van der Waals surface area contributed by atoms with Crippen molar-refractivity contribution < 1.29 is 13.2 Å². The van der Waals surface area contributed by atoms with E-state index in [0.29, 0.717) is 10.8 Å². The van der Waals surface area contributed by atoms with Crippen molar-refractivity contribution in [3.8, 4) is 5.75 Å². The smallest absolute Gasteiger partial charge is 0.244 e. The van der Waals surface area contributed by atoms with Gasteiger partial charge in [0.2, 0.25) is 10.0 Å². The Hall–Kier alpha value is -1.27. The average Bonchev–Trinajstić information content (AvgIpc) is 2.55. The molecule has 0 aliphatic carbocycles. The number of rotatable bonds is 5. The first-order valence-corrected chi connectivity index (χ1v) is 9.04. The third-order valence-electron chi connectivity index (χ3n) is 3.68. The molecule has 23 heavy (non-hydrogen) atoms. The molecule has 0 fully saturated rings. The minimum absolute atomic E-state index is 0.0177. The summed E-state index contributed by atoms with van der Waals surface area (Å²) in [6.45, 7) is 1.79. The maximum Gasteiger partial charge on any atom is 0.244 e. The third-order valence-corrected chi connectivity index (χ3v) is 6.33. The highest BCUT2D eigenvalue weighted by Gasteiger charge is 2.29. The summed E-state index contributed by atoms with van der Waals surface area (Å²) in [4.78, 5) is -0.0177. The number of benzene rings is 2. The van der Waals surface area contributed by atoms with Crippen LogP contribution in [0.1, 0.15) is 18.5 Å². The fourth-order valence-corrected chi connectivity index (χ4v) is 4.32. The second-order valence-electron chi connectivity index (χ2n) is 5.01. The molecule has 4 nitrogen and oxygen atoms in total. The summed E-state index contributed by atoms with van der Waals surface area (Å²) in [5.41, 5.74) is 0.763. The van der Waals surface area contributed by atoms with Gasteiger partial charge in [-0.1, -0.05) is 41.4 Å². The van der Waals surface area contributed by atoms with Crippen LogP contribution in [-0.4, -0.2) is 26.9 Å². The van der Waals surface area contributed by atoms with Crippen LogP contribution in [0.5, 0.6) is 5.75 Å². The van der Waals surface area contributed by atoms with E-state index in [-0.39, 0.29) is 9.92 Å². The lowest BCUT2D eigenvalue weighted by atomic mass is 10.1. The Morgan fingerprint density at radius 1 is 1.13 bits per heavy atom. The molecular weight excluding hydrogens is 357 g/mol. The summed E-state index contributed by atoms with van der Waals surface area (Å²) in [5.74, 6) is 0.624. The average molecular weight is 374 g/mol. The van der Waals surface area contributed by atoms with Gasteiger partial charge in [-0.3, -0.25) is 0 Å². The Bertz CT molecular complexity index is 809. The quantitative estimate of drug-likeness (QED) is 0.780. The van der Waals surface area contributed by atoms with E-state index >= 15 is 0 Å². The molecule has 0 spiro atoms. The van der Waals surface area contributed by atoms with Crippen molar-refractivity contribution in [2.45, 2.75) is 17.9 Å². The minimum atomic E-state index is -3.80. The van der Waals surface area contributed by atoms with Gasteiger partial charge >= 0.3 is 0 Å². The van der Waals surface area contributed by atoms with Crippen molar-refractivity contribution in [1.82, 2.24) is 4.31 Å². The van der Waals surface area contributed by atoms with Gasteiger partial charge in [0, 0.05) is 17.6 Å². The van der Waals surface area contributed by atoms with Crippen molar-refractivity contribution in [1.29, 1.82) is 0 Å². The maximum absolute atomic E-state index is 12.9. The summed E-state index contributed by atoms with van der Waals surface area (Å²) in [6.07, 6.45) is 0. The molecule has 2 aromatic carbocycles. The monoisotopic (exact) mass is 373 g/mol. The molecule has 1 atom stereocenters. The van der Waals surface area contributed by atoms with Gasteiger partial charge in [-0.25, -0.2) is 8.42 Å². The van der Waals surface area contributed by atoms with Crippen LogP contribution in [0.3, 0.4) is 0 Å². The van der Waals surface area contributed by atoms with Crippen molar-refractivity contribution in [3.63, 3.8) is 0 Å². The summed E-state index contributed by atoms with van der Waals surface area (Å²) < 4.78 is 32.3. The highest BCUT2D eigenvalue weighted by atomic mass is 35.5. The van der Waals surface area contributed by atoms with E-state index in [1.165, 1.54) is 23.5 Å². The second-order valence-corrected chi connectivity index (χ2v) is 7.82. The molecule has 0 bridgehead atoms. The normalized spacial score (nSPS) is 13.1. The van der Waals surface area contributed by atoms with E-state index in [9.17, 15) is 8.42 Å². The number of nitrogens with zero attached hydrogens (tertiary/aromatic N) is 1. The third kappa shape index (κ3) is 3.63. The number of ether oxygens (including phenoxy) is 1. The Balaban J connectivity index is 2.45. The van der Waals surface area contributed by atoms with Crippen LogP contribution in [0.4, 0.5) is 0 Å². The Labute approximate surface area is 146 Å². The van der Waals surface area contributed by atoms with E-state index in [4.69, 9.17) is 27.9 Å². The van der Waals surface area contributed by atoms with Gasteiger partial charge in [0.25, 0.3) is 0 Å². The lowest BCUT2D eigenvalue weighted by Gasteiger charge is -2.26. The molecule has 2 rings (SSSR count). The van der Waals surface area contributed by atoms with E-state index < -0.39 is 16.1 Å². The molecule has 2 aromatic rings. The molecule has 0 aromatic heterocycles. The van der Waals surface area contributed by atoms with Crippen LogP contribution in [0.25, 0.3) is 0 Å². The molecule has 0 heterocycles. The van der Waals surface area contributed by atoms with E-state index in [1.54, 1.807) is 26.2 Å². The van der Waals surface area contributed by atoms with Crippen molar-refractivity contribution in [2.24, 2.45) is 0 Å². The van der Waals surface area contributed by atoms with Gasteiger partial charge in [-0.15, -0.1) is 0 Å². The summed E-state index contributed by atoms with van der Waals surface area (Å²) in [6, 6.07) is 11.2. The fourth-order valence-electron chi connectivity index (χ4n) is 2.25. The minimum Gasteiger partial charge on any atom is -0.496 e. The van der Waals surface area contributed by atoms with Crippen LogP contribution >= 0.6 is 23.2 Å². The molecule has 0 aliphatic heterocycles. The highest BCUT2D eigenvalue weighted by molar-refractivity contribution is 7.89. The second kappa shape index (κ2) is 7.09. The van der Waals surface area contributed by atoms with Crippen LogP contribution < -0.4 is 4.74 Å². The molecule has 7 heteroatoms. The molecule has 0 saturated carbocycles. The lowest BCUT2D eigenvalue weighted by molar-refractivity contribution is 0.367. The molecule has 0 radical (unpaired) electrons. The number of para-hydroxylation sites is 1. The van der Waals surface area contributed by atoms with Crippen molar-refractivity contribution in [3.05, 3.63) is 58.1 Å². The number of hydrogen-bond donors (Lipinski definition) is 0. The standard InChI is InChI=1S/C16H17Cl2NO3S/c1-11(13-6-4-5-7-15(13)22-3)19(2)23(20,21)16-10-12(17)8-9-14(16)18/h4-11H,1-3H3. The van der Waals surface area contributed by atoms with E-state index in [2.05, 4.69) is 0 Å². The number of hydrogen-bond acceptors (Lipinski definition) is 3. The van der Waals surface area contributed by atoms with Crippen LogP contribution in [0.15, 0.2) is 47.4 Å². The molecule has 124 valence electrons. The Morgan fingerprint density at radius 3 is 2.43 bits per heavy atom. The SMILES string of the molecule is COc1ccccc1C(C)N(C)S(=O)(=O)c1cc(Cl)ccc1Cl. The number of halogens is 2. The first kappa shape index (κ1) is 18.1. The Morgan fingerprint density at radius 2 is 1.78 bits per heavy atom. The molecule has 0 saturated heterocycles. The molecule has 0 N–H and O–H groups in total. The summed E-state index contributed by atoms with van der Waals surface area (Å²) >= 11 is 12.0. The maximum atomic E-state index is 12.9. The first-order chi connectivity index (χ1) is 10.8. The molecular formula is C16H17Cl2NO3S. The van der Waals surface area contributed by atoms with Crippen LogP contribution in [-0.2, 0) is 10.0 Å². The lowest BCUT2D eigenvalue weighted by Crippen LogP contribution is -2.30. The predicted octanol–water partition coefficient (Wildman–Crippen LogP) is 4.38. The predicted molar refractivity (Wildman–Crippen MR) is 92.8 cm³/mol. The van der Waals surface area contributed by atoms with Gasteiger partial charge in [0.15, 0.2) is 0 Å². The van der Waals surface area contributed by atoms with Gasteiger partial charge in [0.1, 0.15) is 10.6 Å². The topological polar surface area (TPSA) is 46.6 Å². The highest BCUT2D eigenvalue weighted by Crippen LogP contribution is 2.34. The number of sulfonamides is 1. The summed E-state index contributed by atoms with van der Waals surface area (Å²) in [5, 5.41) is 0.444. The van der Waals surface area contributed by atoms with Crippen molar-refractivity contribution >= 4 is 33.2 Å². The number of methoxy groups -OCH3 is 1. The van der Waals surface area contributed by atoms with E-state index in [1.807, 2.05) is 18.2 Å². The molecule has 1 unspecified atom stereocenters. The zero-order chi connectivity index (χ0) is 17.2. The molecule has 0 amide bonds. The van der Waals surface area contributed by atoms with Crippen LogP contribution in [0, 0.1) is 0 Å². The molecule has 0 aliphatic rings. The zero-order valence-corrected chi connectivity index (χ0v) is 15.3. The van der Waals surface area contributed by atoms with Gasteiger partial charge in [0.05, 0.1) is 18.2 Å². The first-order valence-electron chi connectivity index (χ1n) is 6.85.